The van der Waals surface area contributed by atoms with Crippen LogP contribution < -0.4 is 9.08 Å². The van der Waals surface area contributed by atoms with E-state index in [2.05, 4.69) is 4.99 Å². The van der Waals surface area contributed by atoms with Crippen molar-refractivity contribution in [2.45, 2.75) is 0 Å². The maximum absolute atomic E-state index is 11.9. The van der Waals surface area contributed by atoms with Crippen LogP contribution in [0.5, 0.6) is 5.75 Å². The van der Waals surface area contributed by atoms with Crippen LogP contribution in [0.3, 0.4) is 0 Å². The molecule has 0 aliphatic heterocycles. The van der Waals surface area contributed by atoms with Gasteiger partial charge >= 0.3 is 10.3 Å². The molecule has 0 fully saturated rings. The van der Waals surface area contributed by atoms with Crippen LogP contribution in [0.2, 0.25) is 0 Å². The van der Waals surface area contributed by atoms with Crippen molar-refractivity contribution in [3.8, 4) is 5.75 Å². The average Bonchev–Trinajstić information content (AvgIpc) is 2.54. The Morgan fingerprint density at radius 3 is 2.17 bits per heavy atom. The second kappa shape index (κ2) is 7.46. The van der Waals surface area contributed by atoms with Crippen LogP contribution in [0.15, 0.2) is 53.5 Å². The van der Waals surface area contributed by atoms with E-state index in [1.807, 2.05) is 43.3 Å². The summed E-state index contributed by atoms with van der Waals surface area (Å²) in [6, 6.07) is 14.6. The van der Waals surface area contributed by atoms with Crippen LogP contribution in [0.1, 0.15) is 5.56 Å². The largest absolute Gasteiger partial charge is 0.384 e. The van der Waals surface area contributed by atoms with Crippen molar-refractivity contribution in [2.75, 3.05) is 33.1 Å². The van der Waals surface area contributed by atoms with E-state index >= 15 is 0 Å². The number of hydrogen-bond donors (Lipinski definition) is 0. The molecule has 6 nitrogen and oxygen atoms in total. The van der Waals surface area contributed by atoms with Crippen LogP contribution >= 0.6 is 0 Å². The zero-order valence-corrected chi connectivity index (χ0v) is 15.0. The van der Waals surface area contributed by atoms with Gasteiger partial charge in [0.25, 0.3) is 0 Å². The van der Waals surface area contributed by atoms with Gasteiger partial charge in [-0.25, -0.2) is 0 Å². The molecular formula is C17H21N3O3S. The Kier molecular flexibility index (Phi) is 5.58. The second-order valence-corrected chi connectivity index (χ2v) is 7.29. The number of rotatable bonds is 6. The maximum atomic E-state index is 11.9. The van der Waals surface area contributed by atoms with Crippen LogP contribution in [0, 0.1) is 0 Å². The Bertz CT molecular complexity index is 813. The molecule has 0 aromatic heterocycles. The molecule has 0 saturated heterocycles. The fourth-order valence-corrected chi connectivity index (χ4v) is 2.34. The quantitative estimate of drug-likeness (QED) is 0.754. The first-order valence-corrected chi connectivity index (χ1v) is 8.68. The predicted octanol–water partition coefficient (Wildman–Crippen LogP) is 2.69. The topological polar surface area (TPSA) is 62.2 Å². The highest BCUT2D eigenvalue weighted by molar-refractivity contribution is 7.84. The fourth-order valence-electron chi connectivity index (χ4n) is 1.82. The van der Waals surface area contributed by atoms with E-state index in [1.165, 1.54) is 14.1 Å². The third-order valence-electron chi connectivity index (χ3n) is 3.27. The Labute approximate surface area is 143 Å². The Morgan fingerprint density at radius 2 is 1.58 bits per heavy atom. The van der Waals surface area contributed by atoms with Gasteiger partial charge in [0.1, 0.15) is 5.69 Å². The van der Waals surface area contributed by atoms with Gasteiger partial charge in [-0.2, -0.15) is 12.7 Å². The lowest BCUT2D eigenvalue weighted by Crippen LogP contribution is -2.27. The molecule has 0 unspecified atom stereocenters. The normalized spacial score (nSPS) is 11.9. The number of para-hydroxylation sites is 2. The van der Waals surface area contributed by atoms with E-state index in [-0.39, 0.29) is 5.75 Å². The van der Waals surface area contributed by atoms with Gasteiger partial charge in [-0.15, -0.1) is 0 Å². The summed E-state index contributed by atoms with van der Waals surface area (Å²) in [6.45, 7) is 0. The van der Waals surface area contributed by atoms with Gasteiger partial charge in [-0.05, 0) is 29.8 Å². The Morgan fingerprint density at radius 1 is 0.958 bits per heavy atom. The van der Waals surface area contributed by atoms with Crippen LogP contribution in [-0.2, 0) is 10.3 Å². The monoisotopic (exact) mass is 347 g/mol. The molecule has 24 heavy (non-hydrogen) atoms. The summed E-state index contributed by atoms with van der Waals surface area (Å²) in [6.07, 6.45) is 1.67. The first-order valence-electron chi connectivity index (χ1n) is 7.32. The zero-order chi connectivity index (χ0) is 17.7. The fraction of sp³-hybridized carbons (Fsp3) is 0.235. The third kappa shape index (κ3) is 4.56. The molecule has 0 radical (unpaired) electrons. The van der Waals surface area contributed by atoms with Crippen molar-refractivity contribution < 1.29 is 12.6 Å². The van der Waals surface area contributed by atoms with Crippen LogP contribution in [0.4, 0.5) is 11.4 Å². The Balaban J connectivity index is 2.24. The summed E-state index contributed by atoms with van der Waals surface area (Å²) >= 11 is 0. The summed E-state index contributed by atoms with van der Waals surface area (Å²) in [7, 11) is 2.95. The molecule has 2 aromatic rings. The highest BCUT2D eigenvalue weighted by Crippen LogP contribution is 2.28. The van der Waals surface area contributed by atoms with Crippen LogP contribution in [0.25, 0.3) is 0 Å². The van der Waals surface area contributed by atoms with Gasteiger partial charge in [-0.3, -0.25) is 4.99 Å². The Hall–Kier alpha value is -2.38. The van der Waals surface area contributed by atoms with Gasteiger partial charge in [0.2, 0.25) is 0 Å². The number of anilines is 1. The molecule has 2 rings (SSSR count). The van der Waals surface area contributed by atoms with Gasteiger partial charge in [0, 0.05) is 40.1 Å². The second-order valence-electron chi connectivity index (χ2n) is 5.54. The molecule has 0 aliphatic carbocycles. The van der Waals surface area contributed by atoms with Crippen molar-refractivity contribution in [1.82, 2.24) is 4.31 Å². The standard InChI is InChI=1S/C17H21N3O3S/c1-19(2)15-11-9-14(10-12-15)13-18-16-7-5-6-8-17(16)23-24(21,22)20(3)4/h5-13H,1-4H3. The van der Waals surface area contributed by atoms with E-state index in [4.69, 9.17) is 4.18 Å². The molecule has 0 N–H and O–H groups in total. The molecule has 128 valence electrons. The number of aliphatic imine (C=N–C) groups is 1. The van der Waals surface area contributed by atoms with E-state index in [1.54, 1.807) is 30.5 Å². The molecule has 7 heteroatoms. The lowest BCUT2D eigenvalue weighted by atomic mass is 10.2. The highest BCUT2D eigenvalue weighted by atomic mass is 32.2. The zero-order valence-electron chi connectivity index (χ0n) is 14.2. The van der Waals surface area contributed by atoms with Crippen molar-refractivity contribution in [3.63, 3.8) is 0 Å². The van der Waals surface area contributed by atoms with Crippen LogP contribution in [-0.4, -0.2) is 47.1 Å². The first kappa shape index (κ1) is 18.0. The minimum atomic E-state index is -3.82. The summed E-state index contributed by atoms with van der Waals surface area (Å²) in [5.41, 5.74) is 2.44. The van der Waals surface area contributed by atoms with Gasteiger partial charge in [0.05, 0.1) is 0 Å². The van der Waals surface area contributed by atoms with Crippen molar-refractivity contribution in [1.29, 1.82) is 0 Å². The van der Waals surface area contributed by atoms with Crippen molar-refractivity contribution in [3.05, 3.63) is 54.1 Å². The lowest BCUT2D eigenvalue weighted by molar-refractivity contribution is 0.422. The molecule has 0 bridgehead atoms. The minimum absolute atomic E-state index is 0.187. The van der Waals surface area contributed by atoms with E-state index in [9.17, 15) is 8.42 Å². The van der Waals surface area contributed by atoms with E-state index < -0.39 is 10.3 Å². The number of nitrogens with zero attached hydrogens (tertiary/aromatic N) is 3. The summed E-state index contributed by atoms with van der Waals surface area (Å²) in [5, 5.41) is 0. The number of hydrogen-bond acceptors (Lipinski definition) is 5. The SMILES string of the molecule is CN(C)c1ccc(C=Nc2ccccc2OS(=O)(=O)N(C)C)cc1. The molecule has 0 atom stereocenters. The lowest BCUT2D eigenvalue weighted by Gasteiger charge is -2.13. The highest BCUT2D eigenvalue weighted by Gasteiger charge is 2.17. The predicted molar refractivity (Wildman–Crippen MR) is 97.7 cm³/mol. The molecule has 0 aliphatic rings. The van der Waals surface area contributed by atoms with Gasteiger partial charge in [-0.1, -0.05) is 24.3 Å². The van der Waals surface area contributed by atoms with E-state index in [0.717, 1.165) is 15.6 Å². The average molecular weight is 347 g/mol. The summed E-state index contributed by atoms with van der Waals surface area (Å²) < 4.78 is 29.9. The molecule has 0 spiro atoms. The van der Waals surface area contributed by atoms with E-state index in [0.29, 0.717) is 5.69 Å². The maximum Gasteiger partial charge on any atom is 0.384 e. The molecular weight excluding hydrogens is 326 g/mol. The molecule has 0 amide bonds. The smallest absolute Gasteiger partial charge is 0.378 e. The summed E-state index contributed by atoms with van der Waals surface area (Å²) in [5.74, 6) is 0.187. The van der Waals surface area contributed by atoms with Crippen molar-refractivity contribution in [2.24, 2.45) is 4.99 Å². The molecule has 2 aromatic carbocycles. The third-order valence-corrected chi connectivity index (χ3v) is 4.55. The molecule has 0 heterocycles. The van der Waals surface area contributed by atoms with Gasteiger partial charge in [0.15, 0.2) is 5.75 Å². The molecule has 0 saturated carbocycles. The minimum Gasteiger partial charge on any atom is -0.378 e. The van der Waals surface area contributed by atoms with Gasteiger partial charge < -0.3 is 9.08 Å². The summed E-state index contributed by atoms with van der Waals surface area (Å²) in [4.78, 5) is 6.36. The number of benzene rings is 2. The van der Waals surface area contributed by atoms with Crippen molar-refractivity contribution >= 4 is 27.9 Å². The first-order chi connectivity index (χ1) is 11.3.